The van der Waals surface area contributed by atoms with Crippen LogP contribution >= 0.6 is 0 Å². The van der Waals surface area contributed by atoms with E-state index in [1.54, 1.807) is 11.6 Å². The van der Waals surface area contributed by atoms with Crippen LogP contribution in [0.25, 0.3) is 22.3 Å². The van der Waals surface area contributed by atoms with Crippen LogP contribution in [0.5, 0.6) is 0 Å². The molecule has 0 saturated carbocycles. The van der Waals surface area contributed by atoms with Gasteiger partial charge in [-0.15, -0.1) is 0 Å². The van der Waals surface area contributed by atoms with Crippen molar-refractivity contribution >= 4 is 11.0 Å². The molecule has 0 N–H and O–H groups in total. The van der Waals surface area contributed by atoms with E-state index >= 15 is 0 Å². The van der Waals surface area contributed by atoms with Crippen molar-refractivity contribution < 1.29 is 8.78 Å². The number of halogens is 2. The summed E-state index contributed by atoms with van der Waals surface area (Å²) in [4.78, 5) is 4.66. The Labute approximate surface area is 140 Å². The Balaban J connectivity index is 2.22. The molecule has 0 saturated heterocycles. The van der Waals surface area contributed by atoms with E-state index in [4.69, 9.17) is 0 Å². The van der Waals surface area contributed by atoms with Crippen LogP contribution in [-0.4, -0.2) is 14.8 Å². The number of hydrogen-bond acceptors (Lipinski definition) is 2. The zero-order valence-corrected chi connectivity index (χ0v) is 14.2. The molecule has 24 heavy (non-hydrogen) atoms. The van der Waals surface area contributed by atoms with Gasteiger partial charge in [-0.05, 0) is 26.3 Å². The maximum absolute atomic E-state index is 13.6. The number of hydrogen-bond donors (Lipinski definition) is 0. The Morgan fingerprint density at radius 2 is 1.83 bits per heavy atom. The zero-order valence-electron chi connectivity index (χ0n) is 14.2. The van der Waals surface area contributed by atoms with E-state index in [1.807, 2.05) is 31.2 Å². The van der Waals surface area contributed by atoms with Crippen LogP contribution in [0.1, 0.15) is 43.0 Å². The number of alkyl halides is 2. The third-order valence-corrected chi connectivity index (χ3v) is 4.21. The molecule has 0 radical (unpaired) electrons. The van der Waals surface area contributed by atoms with E-state index < -0.39 is 6.43 Å². The first kappa shape index (κ1) is 16.6. The maximum atomic E-state index is 13.6. The van der Waals surface area contributed by atoms with Crippen LogP contribution in [0.3, 0.4) is 0 Å². The van der Waals surface area contributed by atoms with Gasteiger partial charge in [-0.3, -0.25) is 0 Å². The van der Waals surface area contributed by atoms with Gasteiger partial charge in [0.1, 0.15) is 0 Å². The van der Waals surface area contributed by atoms with Crippen molar-refractivity contribution in [3.05, 3.63) is 47.2 Å². The summed E-state index contributed by atoms with van der Waals surface area (Å²) >= 11 is 0. The summed E-state index contributed by atoms with van der Waals surface area (Å²) in [6, 6.07) is 9.25. The fraction of sp³-hybridized carbons (Fsp3) is 0.368. The van der Waals surface area contributed by atoms with Crippen molar-refractivity contribution in [3.8, 4) is 11.3 Å². The van der Waals surface area contributed by atoms with Crippen LogP contribution < -0.4 is 0 Å². The molecule has 0 amide bonds. The monoisotopic (exact) mass is 329 g/mol. The smallest absolute Gasteiger partial charge is 0.247 e. The highest BCUT2D eigenvalue weighted by molar-refractivity contribution is 5.85. The first-order chi connectivity index (χ1) is 11.5. The van der Waals surface area contributed by atoms with Gasteiger partial charge < -0.3 is 0 Å². The molecule has 0 unspecified atom stereocenters. The lowest BCUT2D eigenvalue weighted by molar-refractivity contribution is 0.153. The molecule has 5 heteroatoms. The molecular weight excluding hydrogens is 308 g/mol. The molecule has 0 spiro atoms. The molecule has 3 aromatic rings. The van der Waals surface area contributed by atoms with E-state index in [-0.39, 0.29) is 5.56 Å². The van der Waals surface area contributed by atoms with Crippen LogP contribution in [0.15, 0.2) is 30.3 Å². The molecule has 0 aliphatic carbocycles. The topological polar surface area (TPSA) is 30.7 Å². The number of rotatable bonds is 5. The van der Waals surface area contributed by atoms with E-state index in [1.165, 1.54) is 6.07 Å². The number of fused-ring (bicyclic) bond motifs is 1. The molecule has 3 rings (SSSR count). The molecule has 1 aromatic carbocycles. The Morgan fingerprint density at radius 1 is 1.12 bits per heavy atom. The van der Waals surface area contributed by atoms with Gasteiger partial charge in [0.2, 0.25) is 0 Å². The van der Waals surface area contributed by atoms with Gasteiger partial charge in [0.25, 0.3) is 6.43 Å². The van der Waals surface area contributed by atoms with Gasteiger partial charge in [-0.1, -0.05) is 43.2 Å². The number of aromatic nitrogens is 3. The van der Waals surface area contributed by atoms with Crippen molar-refractivity contribution in [2.75, 3.05) is 0 Å². The fourth-order valence-corrected chi connectivity index (χ4v) is 2.89. The number of benzene rings is 1. The second kappa shape index (κ2) is 6.67. The van der Waals surface area contributed by atoms with Gasteiger partial charge in [0.05, 0.1) is 16.8 Å². The molecule has 0 aliphatic heterocycles. The van der Waals surface area contributed by atoms with Crippen molar-refractivity contribution in [3.63, 3.8) is 0 Å². The summed E-state index contributed by atoms with van der Waals surface area (Å²) in [5, 5.41) is 4.92. The van der Waals surface area contributed by atoms with Gasteiger partial charge in [-0.25, -0.2) is 18.4 Å². The highest BCUT2D eigenvalue weighted by atomic mass is 19.3. The van der Waals surface area contributed by atoms with Crippen molar-refractivity contribution in [2.24, 2.45) is 0 Å². The largest absolute Gasteiger partial charge is 0.264 e. The zero-order chi connectivity index (χ0) is 17.3. The summed E-state index contributed by atoms with van der Waals surface area (Å²) in [5.41, 5.74) is 3.70. The van der Waals surface area contributed by atoms with Crippen molar-refractivity contribution in [2.45, 2.75) is 46.6 Å². The summed E-state index contributed by atoms with van der Waals surface area (Å²) < 4.78 is 29.0. The van der Waals surface area contributed by atoms with Gasteiger partial charge in [0.15, 0.2) is 5.65 Å². The molecular formula is C19H21F2N3. The van der Waals surface area contributed by atoms with E-state index in [9.17, 15) is 8.78 Å². The standard InChI is InChI=1S/C19H21F2N3/c1-4-5-10-24-19-17(13(3)23-24)15(18(20)21)11-16(22-19)14-8-6-12(2)7-9-14/h6-9,11,18H,4-5,10H2,1-3H3. The summed E-state index contributed by atoms with van der Waals surface area (Å²) in [6.45, 7) is 6.54. The van der Waals surface area contributed by atoms with E-state index in [0.29, 0.717) is 29.0 Å². The molecule has 2 heterocycles. The average Bonchev–Trinajstić information content (AvgIpc) is 2.89. The minimum atomic E-state index is -2.55. The summed E-state index contributed by atoms with van der Waals surface area (Å²) in [7, 11) is 0. The lowest BCUT2D eigenvalue weighted by Gasteiger charge is -2.09. The number of aryl methyl sites for hydroxylation is 3. The van der Waals surface area contributed by atoms with Gasteiger partial charge in [0, 0.05) is 17.7 Å². The Kier molecular flexibility index (Phi) is 4.60. The quantitative estimate of drug-likeness (QED) is 0.623. The highest BCUT2D eigenvalue weighted by Gasteiger charge is 2.20. The van der Waals surface area contributed by atoms with Crippen LogP contribution in [0, 0.1) is 13.8 Å². The molecule has 0 fully saturated rings. The number of unbranched alkanes of at least 4 members (excludes halogenated alkanes) is 1. The summed E-state index contributed by atoms with van der Waals surface area (Å²) in [6.07, 6.45) is -0.599. The molecule has 2 aromatic heterocycles. The Bertz CT molecular complexity index is 851. The van der Waals surface area contributed by atoms with E-state index in [0.717, 1.165) is 24.0 Å². The molecule has 0 aliphatic rings. The third-order valence-electron chi connectivity index (χ3n) is 4.21. The molecule has 0 atom stereocenters. The third kappa shape index (κ3) is 3.03. The molecule has 0 bridgehead atoms. The SMILES string of the molecule is CCCCn1nc(C)c2c(C(F)F)cc(-c3ccc(C)cc3)nc21. The predicted octanol–water partition coefficient (Wildman–Crippen LogP) is 5.45. The Hall–Kier alpha value is -2.30. The summed E-state index contributed by atoms with van der Waals surface area (Å²) in [5.74, 6) is 0. The average molecular weight is 329 g/mol. The Morgan fingerprint density at radius 3 is 2.46 bits per heavy atom. The first-order valence-electron chi connectivity index (χ1n) is 8.24. The van der Waals surface area contributed by atoms with Crippen molar-refractivity contribution in [1.29, 1.82) is 0 Å². The first-order valence-corrected chi connectivity index (χ1v) is 8.24. The van der Waals surface area contributed by atoms with Crippen LogP contribution in [0.2, 0.25) is 0 Å². The minimum Gasteiger partial charge on any atom is -0.247 e. The lowest BCUT2D eigenvalue weighted by Crippen LogP contribution is -2.02. The maximum Gasteiger partial charge on any atom is 0.264 e. The van der Waals surface area contributed by atoms with Gasteiger partial charge in [-0.2, -0.15) is 5.10 Å². The molecule has 3 nitrogen and oxygen atoms in total. The second-order valence-corrected chi connectivity index (χ2v) is 6.12. The normalized spacial score (nSPS) is 11.6. The number of pyridine rings is 1. The predicted molar refractivity (Wildman–Crippen MR) is 92.3 cm³/mol. The number of nitrogens with zero attached hydrogens (tertiary/aromatic N) is 3. The lowest BCUT2D eigenvalue weighted by atomic mass is 10.0. The van der Waals surface area contributed by atoms with Crippen LogP contribution in [0.4, 0.5) is 8.78 Å². The fourth-order valence-electron chi connectivity index (χ4n) is 2.89. The van der Waals surface area contributed by atoms with Crippen molar-refractivity contribution in [1.82, 2.24) is 14.8 Å². The van der Waals surface area contributed by atoms with Gasteiger partial charge >= 0.3 is 0 Å². The van der Waals surface area contributed by atoms with E-state index in [2.05, 4.69) is 17.0 Å². The van der Waals surface area contributed by atoms with Crippen LogP contribution in [-0.2, 0) is 6.54 Å². The minimum absolute atomic E-state index is 0.0100. The highest BCUT2D eigenvalue weighted by Crippen LogP contribution is 2.33. The molecule has 126 valence electrons. The second-order valence-electron chi connectivity index (χ2n) is 6.12.